The molecule has 7 heteroatoms. The molecule has 0 bridgehead atoms. The molecular weight excluding hydrogens is 348 g/mol. The largest absolute Gasteiger partial charge is 0.493 e. The molecule has 0 aliphatic carbocycles. The van der Waals surface area contributed by atoms with Crippen molar-refractivity contribution in [2.45, 2.75) is 58.9 Å². The Morgan fingerprint density at radius 2 is 1.56 bits per heavy atom. The van der Waals surface area contributed by atoms with Crippen molar-refractivity contribution < 1.29 is 23.9 Å². The van der Waals surface area contributed by atoms with Crippen LogP contribution in [0.5, 0.6) is 5.75 Å². The first-order chi connectivity index (χ1) is 12.4. The summed E-state index contributed by atoms with van der Waals surface area (Å²) >= 11 is 0. The van der Waals surface area contributed by atoms with Crippen LogP contribution in [0, 0.1) is 0 Å². The summed E-state index contributed by atoms with van der Waals surface area (Å²) in [5.74, 6) is -0.608. The highest BCUT2D eigenvalue weighted by Gasteiger charge is 2.17. The summed E-state index contributed by atoms with van der Waals surface area (Å²) in [5.41, 5.74) is 0.784. The molecule has 0 aromatic heterocycles. The molecule has 0 fully saturated rings. The predicted octanol–water partition coefficient (Wildman–Crippen LogP) is 2.92. The van der Waals surface area contributed by atoms with Crippen molar-refractivity contribution in [3.8, 4) is 5.75 Å². The van der Waals surface area contributed by atoms with Gasteiger partial charge in [0.05, 0.1) is 13.0 Å². The van der Waals surface area contributed by atoms with Gasteiger partial charge < -0.3 is 14.8 Å². The fraction of sp³-hybridized carbons (Fsp3) is 0.550. The molecule has 3 amide bonds. The smallest absolute Gasteiger partial charge is 0.321 e. The van der Waals surface area contributed by atoms with Crippen molar-refractivity contribution in [3.63, 3.8) is 0 Å². The molecule has 0 spiro atoms. The number of carbonyl (C=O) groups is 3. The highest BCUT2D eigenvalue weighted by Crippen LogP contribution is 2.24. The van der Waals surface area contributed by atoms with E-state index in [1.165, 1.54) is 5.56 Å². The summed E-state index contributed by atoms with van der Waals surface area (Å²) < 4.78 is 10.3. The summed E-state index contributed by atoms with van der Waals surface area (Å²) in [6, 6.07) is 7.05. The summed E-state index contributed by atoms with van der Waals surface area (Å²) in [7, 11) is 0. The normalized spacial score (nSPS) is 11.5. The average molecular weight is 378 g/mol. The van der Waals surface area contributed by atoms with Gasteiger partial charge in [-0.3, -0.25) is 14.9 Å². The Kier molecular flexibility index (Phi) is 7.82. The predicted molar refractivity (Wildman–Crippen MR) is 103 cm³/mol. The molecule has 0 aliphatic rings. The van der Waals surface area contributed by atoms with Crippen LogP contribution in [0.2, 0.25) is 0 Å². The van der Waals surface area contributed by atoms with Crippen molar-refractivity contribution in [2.75, 3.05) is 13.2 Å². The third-order valence-corrected chi connectivity index (χ3v) is 3.40. The topological polar surface area (TPSA) is 93.7 Å². The minimum atomic E-state index is -0.691. The van der Waals surface area contributed by atoms with Gasteiger partial charge in [0.2, 0.25) is 0 Å². The summed E-state index contributed by atoms with van der Waals surface area (Å²) in [4.78, 5) is 34.8. The van der Waals surface area contributed by atoms with Crippen LogP contribution in [0.1, 0.15) is 53.5 Å². The molecule has 0 saturated heterocycles. The molecule has 0 saturated carbocycles. The fourth-order valence-electron chi connectivity index (χ4n) is 2.06. The molecule has 0 radical (unpaired) electrons. The zero-order chi connectivity index (χ0) is 20.7. The number of hydrogen-bond donors (Lipinski definition) is 2. The zero-order valence-electron chi connectivity index (χ0n) is 17.0. The third-order valence-electron chi connectivity index (χ3n) is 3.40. The highest BCUT2D eigenvalue weighted by molar-refractivity contribution is 5.95. The van der Waals surface area contributed by atoms with E-state index in [1.807, 2.05) is 24.3 Å². The number of nitrogens with one attached hydrogen (secondary N) is 2. The lowest BCUT2D eigenvalue weighted by Crippen LogP contribution is -2.49. The molecule has 0 atom stereocenters. The summed E-state index contributed by atoms with van der Waals surface area (Å²) in [5, 5.41) is 4.67. The molecule has 1 aromatic carbocycles. The average Bonchev–Trinajstić information content (AvgIpc) is 2.50. The second kappa shape index (κ2) is 9.39. The molecule has 1 aromatic rings. The van der Waals surface area contributed by atoms with E-state index in [4.69, 9.17) is 9.47 Å². The van der Waals surface area contributed by atoms with Gasteiger partial charge in [0.15, 0.2) is 6.61 Å². The molecule has 0 heterocycles. The van der Waals surface area contributed by atoms with E-state index >= 15 is 0 Å². The summed E-state index contributed by atoms with van der Waals surface area (Å²) in [6.45, 7) is 11.4. The molecule has 0 unspecified atom stereocenters. The number of amides is 3. The Morgan fingerprint density at radius 3 is 2.07 bits per heavy atom. The number of esters is 1. The molecule has 0 aliphatic heterocycles. The highest BCUT2D eigenvalue weighted by atomic mass is 16.5. The van der Waals surface area contributed by atoms with Crippen LogP contribution in [-0.4, -0.2) is 36.7 Å². The number of rotatable bonds is 6. The number of ether oxygens (including phenoxy) is 2. The van der Waals surface area contributed by atoms with Crippen molar-refractivity contribution in [1.82, 2.24) is 10.6 Å². The van der Waals surface area contributed by atoms with Gasteiger partial charge in [0.25, 0.3) is 5.91 Å². The SMILES string of the molecule is CC(C)(C)NC(=O)NC(=O)COC(=O)CCOc1ccc(C(C)(C)C)cc1. The lowest BCUT2D eigenvalue weighted by Gasteiger charge is -2.20. The molecule has 2 N–H and O–H groups in total. The van der Waals surface area contributed by atoms with Gasteiger partial charge in [-0.05, 0) is 43.9 Å². The standard InChI is InChI=1S/C20H30N2O5/c1-19(2,3)14-7-9-15(10-8-14)26-12-11-17(24)27-13-16(23)21-18(25)22-20(4,5)6/h7-10H,11-13H2,1-6H3,(H2,21,22,23,25). The van der Waals surface area contributed by atoms with Crippen molar-refractivity contribution in [2.24, 2.45) is 0 Å². The van der Waals surface area contributed by atoms with Gasteiger partial charge in [-0.1, -0.05) is 32.9 Å². The van der Waals surface area contributed by atoms with E-state index in [9.17, 15) is 14.4 Å². The van der Waals surface area contributed by atoms with Crippen LogP contribution in [0.3, 0.4) is 0 Å². The van der Waals surface area contributed by atoms with E-state index in [1.54, 1.807) is 20.8 Å². The van der Waals surface area contributed by atoms with Crippen LogP contribution in [-0.2, 0) is 19.7 Å². The van der Waals surface area contributed by atoms with Gasteiger partial charge in [0, 0.05) is 5.54 Å². The van der Waals surface area contributed by atoms with Crippen molar-refractivity contribution in [1.29, 1.82) is 0 Å². The second-order valence-corrected chi connectivity index (χ2v) is 8.29. The van der Waals surface area contributed by atoms with E-state index in [0.29, 0.717) is 5.75 Å². The quantitative estimate of drug-likeness (QED) is 0.743. The molecule has 27 heavy (non-hydrogen) atoms. The van der Waals surface area contributed by atoms with E-state index in [0.717, 1.165) is 0 Å². The number of imide groups is 1. The Balaban J connectivity index is 2.27. The third kappa shape index (κ3) is 9.63. The summed E-state index contributed by atoms with van der Waals surface area (Å²) in [6.07, 6.45) is 0.00247. The van der Waals surface area contributed by atoms with Crippen molar-refractivity contribution >= 4 is 17.9 Å². The number of carbonyl (C=O) groups excluding carboxylic acids is 3. The fourth-order valence-corrected chi connectivity index (χ4v) is 2.06. The first kappa shape index (κ1) is 22.5. The number of hydrogen-bond acceptors (Lipinski definition) is 5. The minimum Gasteiger partial charge on any atom is -0.493 e. The number of urea groups is 1. The van der Waals surface area contributed by atoms with Crippen LogP contribution < -0.4 is 15.4 Å². The van der Waals surface area contributed by atoms with E-state index in [2.05, 4.69) is 31.4 Å². The molecule has 1 rings (SSSR count). The molecule has 150 valence electrons. The van der Waals surface area contributed by atoms with Crippen LogP contribution in [0.4, 0.5) is 4.79 Å². The first-order valence-electron chi connectivity index (χ1n) is 8.88. The van der Waals surface area contributed by atoms with E-state index < -0.39 is 30.1 Å². The van der Waals surface area contributed by atoms with Crippen LogP contribution >= 0.6 is 0 Å². The van der Waals surface area contributed by atoms with Gasteiger partial charge in [-0.25, -0.2) is 4.79 Å². The maximum Gasteiger partial charge on any atom is 0.321 e. The monoisotopic (exact) mass is 378 g/mol. The molecular formula is C20H30N2O5. The Bertz CT molecular complexity index is 654. The Labute approximate surface area is 160 Å². The maximum atomic E-state index is 11.7. The van der Waals surface area contributed by atoms with Gasteiger partial charge in [-0.2, -0.15) is 0 Å². The zero-order valence-corrected chi connectivity index (χ0v) is 17.0. The van der Waals surface area contributed by atoms with Crippen molar-refractivity contribution in [3.05, 3.63) is 29.8 Å². The minimum absolute atomic E-state index is 0.00247. The van der Waals surface area contributed by atoms with Gasteiger partial charge in [-0.15, -0.1) is 0 Å². The van der Waals surface area contributed by atoms with Crippen LogP contribution in [0.15, 0.2) is 24.3 Å². The Hall–Kier alpha value is -2.57. The van der Waals surface area contributed by atoms with Crippen LogP contribution in [0.25, 0.3) is 0 Å². The van der Waals surface area contributed by atoms with Gasteiger partial charge >= 0.3 is 12.0 Å². The Morgan fingerprint density at radius 1 is 0.963 bits per heavy atom. The second-order valence-electron chi connectivity index (χ2n) is 8.29. The maximum absolute atomic E-state index is 11.7. The van der Waals surface area contributed by atoms with E-state index in [-0.39, 0.29) is 18.4 Å². The number of benzene rings is 1. The van der Waals surface area contributed by atoms with Gasteiger partial charge in [0.1, 0.15) is 5.75 Å². The first-order valence-corrected chi connectivity index (χ1v) is 8.88. The molecule has 7 nitrogen and oxygen atoms in total. The lowest BCUT2D eigenvalue weighted by molar-refractivity contribution is -0.148. The lowest BCUT2D eigenvalue weighted by atomic mass is 9.87.